The van der Waals surface area contributed by atoms with Gasteiger partial charge in [-0.2, -0.15) is 0 Å². The number of benzene rings is 1. The summed E-state index contributed by atoms with van der Waals surface area (Å²) < 4.78 is 0. The summed E-state index contributed by atoms with van der Waals surface area (Å²) in [6, 6.07) is 9.10. The molecule has 0 bridgehead atoms. The average molecular weight is 244 g/mol. The monoisotopic (exact) mass is 244 g/mol. The molecule has 0 saturated carbocycles. The Hall–Kier alpha value is -1.35. The van der Waals surface area contributed by atoms with Gasteiger partial charge in [0.05, 0.1) is 6.04 Å². The molecule has 1 unspecified atom stereocenters. The van der Waals surface area contributed by atoms with Crippen molar-refractivity contribution in [3.63, 3.8) is 0 Å². The van der Waals surface area contributed by atoms with Gasteiger partial charge in [-0.3, -0.25) is 9.69 Å². The lowest BCUT2D eigenvalue weighted by atomic mass is 9.91. The summed E-state index contributed by atoms with van der Waals surface area (Å²) in [5.41, 5.74) is 2.89. The van der Waals surface area contributed by atoms with E-state index in [9.17, 15) is 4.79 Å². The molecule has 0 spiro atoms. The summed E-state index contributed by atoms with van der Waals surface area (Å²) in [7, 11) is 0. The molecule has 0 aromatic heterocycles. The Labute approximate surface area is 108 Å². The number of nitrogens with zero attached hydrogens (tertiary/aromatic N) is 2. The van der Waals surface area contributed by atoms with Gasteiger partial charge in [-0.1, -0.05) is 31.2 Å². The van der Waals surface area contributed by atoms with Gasteiger partial charge in [-0.15, -0.1) is 0 Å². The van der Waals surface area contributed by atoms with Crippen molar-refractivity contribution in [2.24, 2.45) is 0 Å². The van der Waals surface area contributed by atoms with Crippen molar-refractivity contribution in [1.29, 1.82) is 0 Å². The Balaban J connectivity index is 1.86. The molecule has 1 fully saturated rings. The number of hydrogen-bond donors (Lipinski definition) is 0. The Morgan fingerprint density at radius 3 is 2.94 bits per heavy atom. The Morgan fingerprint density at radius 1 is 1.28 bits per heavy atom. The van der Waals surface area contributed by atoms with Crippen LogP contribution < -0.4 is 0 Å². The molecule has 1 amide bonds. The lowest BCUT2D eigenvalue weighted by molar-refractivity contribution is -0.134. The molecule has 1 aromatic carbocycles. The SMILES string of the molecule is CCC(=O)N1CCN2CCc3ccccc3C2C1. The predicted octanol–water partition coefficient (Wildman–Crippen LogP) is 1.84. The van der Waals surface area contributed by atoms with E-state index in [2.05, 4.69) is 29.2 Å². The van der Waals surface area contributed by atoms with Gasteiger partial charge < -0.3 is 4.90 Å². The van der Waals surface area contributed by atoms with Gasteiger partial charge in [0.25, 0.3) is 0 Å². The zero-order valence-corrected chi connectivity index (χ0v) is 10.9. The summed E-state index contributed by atoms with van der Waals surface area (Å²) in [6.07, 6.45) is 1.77. The molecule has 3 heteroatoms. The van der Waals surface area contributed by atoms with Crippen LogP contribution in [0.5, 0.6) is 0 Å². The van der Waals surface area contributed by atoms with E-state index in [0.29, 0.717) is 12.5 Å². The van der Waals surface area contributed by atoms with Gasteiger partial charge >= 0.3 is 0 Å². The summed E-state index contributed by atoms with van der Waals surface area (Å²) in [5.74, 6) is 0.290. The van der Waals surface area contributed by atoms with Gasteiger partial charge in [0.15, 0.2) is 0 Å². The van der Waals surface area contributed by atoms with Gasteiger partial charge in [0.2, 0.25) is 5.91 Å². The standard InChI is InChI=1S/C15H20N2O/c1-2-15(18)17-10-9-16-8-7-12-5-3-4-6-13(12)14(16)11-17/h3-6,14H,2,7-11H2,1H3. The van der Waals surface area contributed by atoms with Crippen LogP contribution in [0.25, 0.3) is 0 Å². The Kier molecular flexibility index (Phi) is 3.08. The molecular formula is C15H20N2O. The highest BCUT2D eigenvalue weighted by atomic mass is 16.2. The molecule has 2 heterocycles. The molecule has 1 saturated heterocycles. The molecule has 2 aliphatic rings. The van der Waals surface area contributed by atoms with E-state index in [1.807, 2.05) is 11.8 Å². The van der Waals surface area contributed by atoms with E-state index >= 15 is 0 Å². The number of amides is 1. The maximum Gasteiger partial charge on any atom is 0.222 e. The molecule has 96 valence electrons. The molecule has 2 aliphatic heterocycles. The third-order valence-electron chi connectivity index (χ3n) is 4.23. The van der Waals surface area contributed by atoms with Crippen LogP contribution in [0.2, 0.25) is 0 Å². The second-order valence-electron chi connectivity index (χ2n) is 5.19. The smallest absolute Gasteiger partial charge is 0.222 e. The van der Waals surface area contributed by atoms with E-state index in [1.54, 1.807) is 0 Å². The minimum absolute atomic E-state index is 0.290. The molecule has 3 nitrogen and oxygen atoms in total. The quantitative estimate of drug-likeness (QED) is 0.752. The van der Waals surface area contributed by atoms with E-state index < -0.39 is 0 Å². The van der Waals surface area contributed by atoms with Crippen molar-refractivity contribution in [3.8, 4) is 0 Å². The van der Waals surface area contributed by atoms with Crippen molar-refractivity contribution in [1.82, 2.24) is 9.80 Å². The topological polar surface area (TPSA) is 23.6 Å². The normalized spacial score (nSPS) is 23.4. The van der Waals surface area contributed by atoms with Crippen LogP contribution in [0.1, 0.15) is 30.5 Å². The number of hydrogen-bond acceptors (Lipinski definition) is 2. The van der Waals surface area contributed by atoms with E-state index in [4.69, 9.17) is 0 Å². The molecule has 0 aliphatic carbocycles. The van der Waals surface area contributed by atoms with Gasteiger partial charge in [-0.05, 0) is 17.5 Å². The fourth-order valence-corrected chi connectivity index (χ4v) is 3.18. The first-order valence-corrected chi connectivity index (χ1v) is 6.89. The molecule has 0 radical (unpaired) electrons. The minimum Gasteiger partial charge on any atom is -0.340 e. The maximum absolute atomic E-state index is 11.9. The number of carbonyl (C=O) groups excluding carboxylic acids is 1. The van der Waals surface area contributed by atoms with Crippen LogP contribution in [0.3, 0.4) is 0 Å². The molecule has 18 heavy (non-hydrogen) atoms. The highest BCUT2D eigenvalue weighted by Crippen LogP contribution is 2.32. The molecule has 1 atom stereocenters. The number of rotatable bonds is 1. The fourth-order valence-electron chi connectivity index (χ4n) is 3.18. The Bertz CT molecular complexity index is 458. The van der Waals surface area contributed by atoms with E-state index in [1.165, 1.54) is 11.1 Å². The van der Waals surface area contributed by atoms with Gasteiger partial charge in [-0.25, -0.2) is 0 Å². The zero-order valence-electron chi connectivity index (χ0n) is 10.9. The lowest BCUT2D eigenvalue weighted by Crippen LogP contribution is -2.52. The lowest BCUT2D eigenvalue weighted by Gasteiger charge is -2.44. The molecule has 3 rings (SSSR count). The van der Waals surface area contributed by atoms with Crippen molar-refractivity contribution in [2.45, 2.75) is 25.8 Å². The number of carbonyl (C=O) groups is 1. The summed E-state index contributed by atoms with van der Waals surface area (Å²) in [5, 5.41) is 0. The second-order valence-corrected chi connectivity index (χ2v) is 5.19. The molecule has 1 aromatic rings. The van der Waals surface area contributed by atoms with E-state index in [-0.39, 0.29) is 5.91 Å². The van der Waals surface area contributed by atoms with Crippen molar-refractivity contribution >= 4 is 5.91 Å². The van der Waals surface area contributed by atoms with Crippen molar-refractivity contribution < 1.29 is 4.79 Å². The van der Waals surface area contributed by atoms with Gasteiger partial charge in [0, 0.05) is 32.6 Å². The summed E-state index contributed by atoms with van der Waals surface area (Å²) in [6.45, 7) is 5.86. The van der Waals surface area contributed by atoms with Crippen LogP contribution in [-0.2, 0) is 11.2 Å². The largest absolute Gasteiger partial charge is 0.340 e. The van der Waals surface area contributed by atoms with Gasteiger partial charge in [0.1, 0.15) is 0 Å². The minimum atomic E-state index is 0.290. The predicted molar refractivity (Wildman–Crippen MR) is 71.3 cm³/mol. The second kappa shape index (κ2) is 4.73. The third kappa shape index (κ3) is 1.93. The van der Waals surface area contributed by atoms with Crippen LogP contribution in [0, 0.1) is 0 Å². The number of fused-ring (bicyclic) bond motifs is 3. The highest BCUT2D eigenvalue weighted by Gasteiger charge is 2.33. The summed E-state index contributed by atoms with van der Waals surface area (Å²) in [4.78, 5) is 16.4. The molecule has 0 N–H and O–H groups in total. The van der Waals surface area contributed by atoms with E-state index in [0.717, 1.165) is 32.6 Å². The first-order chi connectivity index (χ1) is 8.79. The average Bonchev–Trinajstić information content (AvgIpc) is 2.45. The molecular weight excluding hydrogens is 224 g/mol. The fraction of sp³-hybridized carbons (Fsp3) is 0.533. The summed E-state index contributed by atoms with van der Waals surface area (Å²) >= 11 is 0. The Morgan fingerprint density at radius 2 is 2.11 bits per heavy atom. The van der Waals surface area contributed by atoms with Crippen molar-refractivity contribution in [2.75, 3.05) is 26.2 Å². The van der Waals surface area contributed by atoms with Crippen LogP contribution in [0.15, 0.2) is 24.3 Å². The highest BCUT2D eigenvalue weighted by molar-refractivity contribution is 5.76. The first-order valence-electron chi connectivity index (χ1n) is 6.89. The zero-order chi connectivity index (χ0) is 12.5. The van der Waals surface area contributed by atoms with Crippen LogP contribution >= 0.6 is 0 Å². The van der Waals surface area contributed by atoms with Crippen LogP contribution in [0.4, 0.5) is 0 Å². The number of piperazine rings is 1. The third-order valence-corrected chi connectivity index (χ3v) is 4.23. The first kappa shape index (κ1) is 11.7. The maximum atomic E-state index is 11.9. The van der Waals surface area contributed by atoms with Crippen LogP contribution in [-0.4, -0.2) is 41.9 Å². The van der Waals surface area contributed by atoms with Crippen molar-refractivity contribution in [3.05, 3.63) is 35.4 Å².